The summed E-state index contributed by atoms with van der Waals surface area (Å²) in [6, 6.07) is -0.118. The van der Waals surface area contributed by atoms with Crippen LogP contribution >= 0.6 is 0 Å². The number of aliphatic hydroxyl groups is 2. The Kier molecular flexibility index (Phi) is 2.49. The predicted molar refractivity (Wildman–Crippen MR) is 40.0 cm³/mol. The molecule has 0 aliphatic carbocycles. The molecule has 4 N–H and O–H groups in total. The van der Waals surface area contributed by atoms with E-state index in [1.807, 2.05) is 0 Å². The van der Waals surface area contributed by atoms with Crippen molar-refractivity contribution in [3.8, 4) is 0 Å². The summed E-state index contributed by atoms with van der Waals surface area (Å²) in [5, 5.41) is 18.4. The largest absolute Gasteiger partial charge is 0.394 e. The van der Waals surface area contributed by atoms with Gasteiger partial charge in [0.05, 0.1) is 18.8 Å². The maximum absolute atomic E-state index is 9.64. The molecule has 1 heterocycles. The fourth-order valence-electron chi connectivity index (χ4n) is 1.39. The van der Waals surface area contributed by atoms with Gasteiger partial charge >= 0.3 is 0 Å². The molecular formula is C7H15NO3. The molecule has 0 aromatic rings. The molecule has 11 heavy (non-hydrogen) atoms. The molecule has 0 saturated carbocycles. The van der Waals surface area contributed by atoms with Gasteiger partial charge in [-0.15, -0.1) is 0 Å². The minimum Gasteiger partial charge on any atom is -0.394 e. The second-order valence-corrected chi connectivity index (χ2v) is 3.33. The Balaban J connectivity index is 2.56. The molecule has 1 rings (SSSR count). The number of rotatable bonds is 1. The van der Waals surface area contributed by atoms with Crippen LogP contribution in [0, 0.1) is 0 Å². The van der Waals surface area contributed by atoms with Crippen molar-refractivity contribution in [2.75, 3.05) is 13.2 Å². The summed E-state index contributed by atoms with van der Waals surface area (Å²) < 4.78 is 5.13. The fraction of sp³-hybridized carbons (Fsp3) is 1.00. The van der Waals surface area contributed by atoms with Crippen LogP contribution in [0.2, 0.25) is 0 Å². The third kappa shape index (κ3) is 1.90. The molecule has 1 aliphatic rings. The molecule has 0 amide bonds. The van der Waals surface area contributed by atoms with Crippen molar-refractivity contribution in [2.45, 2.75) is 31.1 Å². The Hall–Kier alpha value is -0.160. The molecule has 4 heteroatoms. The first kappa shape index (κ1) is 8.93. The molecule has 66 valence electrons. The zero-order valence-corrected chi connectivity index (χ0v) is 6.66. The Labute approximate surface area is 66.0 Å². The van der Waals surface area contributed by atoms with Crippen LogP contribution in [0.15, 0.2) is 0 Å². The summed E-state index contributed by atoms with van der Waals surface area (Å²) in [5.41, 5.74) is 4.58. The van der Waals surface area contributed by atoms with Crippen LogP contribution in [-0.2, 0) is 4.74 Å². The minimum atomic E-state index is -0.980. The van der Waals surface area contributed by atoms with E-state index in [2.05, 4.69) is 0 Å². The molecule has 4 nitrogen and oxygen atoms in total. The maximum atomic E-state index is 9.64. The van der Waals surface area contributed by atoms with Gasteiger partial charge in [-0.2, -0.15) is 0 Å². The first-order valence-corrected chi connectivity index (χ1v) is 3.76. The highest BCUT2D eigenvalue weighted by Gasteiger charge is 2.38. The average Bonchev–Trinajstić information content (AvgIpc) is 1.85. The molecule has 0 bridgehead atoms. The molecule has 1 fully saturated rings. The van der Waals surface area contributed by atoms with Crippen molar-refractivity contribution in [1.29, 1.82) is 0 Å². The number of nitrogens with two attached hydrogens (primary N) is 1. The lowest BCUT2D eigenvalue weighted by atomic mass is 9.89. The highest BCUT2D eigenvalue weighted by atomic mass is 16.5. The number of hydrogen-bond acceptors (Lipinski definition) is 4. The Morgan fingerprint density at radius 3 is 2.82 bits per heavy atom. The molecule has 1 saturated heterocycles. The van der Waals surface area contributed by atoms with Gasteiger partial charge in [0.2, 0.25) is 0 Å². The van der Waals surface area contributed by atoms with Gasteiger partial charge < -0.3 is 20.7 Å². The van der Waals surface area contributed by atoms with Crippen molar-refractivity contribution in [1.82, 2.24) is 0 Å². The second kappa shape index (κ2) is 3.06. The zero-order valence-electron chi connectivity index (χ0n) is 6.66. The predicted octanol–water partition coefficient (Wildman–Crippen LogP) is -1.15. The Bertz CT molecular complexity index is 138. The van der Waals surface area contributed by atoms with Crippen LogP contribution in [0.5, 0.6) is 0 Å². The highest BCUT2D eigenvalue weighted by molar-refractivity contribution is 4.90. The van der Waals surface area contributed by atoms with Gasteiger partial charge in [0.25, 0.3) is 0 Å². The lowest BCUT2D eigenvalue weighted by molar-refractivity contribution is -0.155. The topological polar surface area (TPSA) is 75.7 Å². The van der Waals surface area contributed by atoms with E-state index in [1.54, 1.807) is 6.92 Å². The molecule has 0 radical (unpaired) electrons. The van der Waals surface area contributed by atoms with Gasteiger partial charge in [0.15, 0.2) is 0 Å². The number of hydrogen-bond donors (Lipinski definition) is 3. The molecule has 1 unspecified atom stereocenters. The molecule has 1 aliphatic heterocycles. The maximum Gasteiger partial charge on any atom is 0.109 e. The van der Waals surface area contributed by atoms with Crippen molar-refractivity contribution in [2.24, 2.45) is 5.73 Å². The lowest BCUT2D eigenvalue weighted by Gasteiger charge is -2.38. The third-order valence-electron chi connectivity index (χ3n) is 2.05. The monoisotopic (exact) mass is 161 g/mol. The standard InChI is InChI=1S/C7H15NO3/c1-7(10)2-5(8)4-11-6(7)3-9/h5-6,9-10H,2-4,8H2,1H3/t5-,6-,7?/m1/s1. The van der Waals surface area contributed by atoms with Crippen molar-refractivity contribution < 1.29 is 14.9 Å². The average molecular weight is 161 g/mol. The van der Waals surface area contributed by atoms with E-state index in [9.17, 15) is 5.11 Å². The van der Waals surface area contributed by atoms with E-state index in [-0.39, 0.29) is 12.6 Å². The summed E-state index contributed by atoms with van der Waals surface area (Å²) >= 11 is 0. The van der Waals surface area contributed by atoms with Crippen LogP contribution < -0.4 is 5.73 Å². The van der Waals surface area contributed by atoms with E-state index >= 15 is 0 Å². The normalized spacial score (nSPS) is 45.8. The van der Waals surface area contributed by atoms with E-state index in [0.29, 0.717) is 13.0 Å². The van der Waals surface area contributed by atoms with E-state index in [4.69, 9.17) is 15.6 Å². The molecule has 0 spiro atoms. The molecular weight excluding hydrogens is 146 g/mol. The van der Waals surface area contributed by atoms with Gasteiger partial charge in [-0.25, -0.2) is 0 Å². The van der Waals surface area contributed by atoms with Crippen LogP contribution in [0.3, 0.4) is 0 Å². The lowest BCUT2D eigenvalue weighted by Crippen LogP contribution is -2.54. The van der Waals surface area contributed by atoms with Crippen molar-refractivity contribution in [3.63, 3.8) is 0 Å². The number of aliphatic hydroxyl groups excluding tert-OH is 1. The minimum absolute atomic E-state index is 0.118. The van der Waals surface area contributed by atoms with Crippen molar-refractivity contribution >= 4 is 0 Å². The van der Waals surface area contributed by atoms with Crippen molar-refractivity contribution in [3.05, 3.63) is 0 Å². The van der Waals surface area contributed by atoms with E-state index in [1.165, 1.54) is 0 Å². The number of ether oxygens (including phenoxy) is 1. The van der Waals surface area contributed by atoms with Gasteiger partial charge in [-0.3, -0.25) is 0 Å². The molecule has 3 atom stereocenters. The zero-order chi connectivity index (χ0) is 8.48. The molecule has 0 aromatic heterocycles. The van der Waals surface area contributed by atoms with Crippen LogP contribution in [0.4, 0.5) is 0 Å². The smallest absolute Gasteiger partial charge is 0.109 e. The summed E-state index contributed by atoms with van der Waals surface area (Å²) in [5.74, 6) is 0. The van der Waals surface area contributed by atoms with Crippen LogP contribution in [-0.4, -0.2) is 41.2 Å². The summed E-state index contributed by atoms with van der Waals surface area (Å²) in [4.78, 5) is 0. The quantitative estimate of drug-likeness (QED) is 0.453. The second-order valence-electron chi connectivity index (χ2n) is 3.33. The summed E-state index contributed by atoms with van der Waals surface area (Å²) in [6.45, 7) is 1.90. The fourth-order valence-corrected chi connectivity index (χ4v) is 1.39. The van der Waals surface area contributed by atoms with Gasteiger partial charge in [-0.1, -0.05) is 0 Å². The summed E-state index contributed by atoms with van der Waals surface area (Å²) in [6.07, 6.45) is 0.000370. The van der Waals surface area contributed by atoms with Gasteiger partial charge in [0, 0.05) is 6.04 Å². The SMILES string of the molecule is CC1(O)C[C@@H](N)CO[C@@H]1CO. The van der Waals surface area contributed by atoms with Crippen LogP contribution in [0.25, 0.3) is 0 Å². The third-order valence-corrected chi connectivity index (χ3v) is 2.05. The first-order chi connectivity index (χ1) is 5.06. The molecule has 0 aromatic carbocycles. The first-order valence-electron chi connectivity index (χ1n) is 3.76. The summed E-state index contributed by atoms with van der Waals surface area (Å²) in [7, 11) is 0. The Morgan fingerprint density at radius 1 is 1.73 bits per heavy atom. The van der Waals surface area contributed by atoms with E-state index < -0.39 is 11.7 Å². The van der Waals surface area contributed by atoms with Crippen LogP contribution in [0.1, 0.15) is 13.3 Å². The van der Waals surface area contributed by atoms with E-state index in [0.717, 1.165) is 0 Å². The van der Waals surface area contributed by atoms with Gasteiger partial charge in [0.1, 0.15) is 6.10 Å². The van der Waals surface area contributed by atoms with Gasteiger partial charge in [-0.05, 0) is 13.3 Å². The highest BCUT2D eigenvalue weighted by Crippen LogP contribution is 2.23. The Morgan fingerprint density at radius 2 is 2.36 bits per heavy atom.